The van der Waals surface area contributed by atoms with E-state index in [9.17, 15) is 9.59 Å². The van der Waals surface area contributed by atoms with Crippen LogP contribution in [0.15, 0.2) is 12.7 Å². The molecule has 86 valence electrons. The Labute approximate surface area is 89.8 Å². The molecule has 5 heteroatoms. The van der Waals surface area contributed by atoms with E-state index in [1.165, 1.54) is 11.0 Å². The second kappa shape index (κ2) is 7.84. The van der Waals surface area contributed by atoms with Crippen LogP contribution in [0, 0.1) is 0 Å². The fourth-order valence-corrected chi connectivity index (χ4v) is 1.02. The third kappa shape index (κ3) is 6.54. The average Bonchev–Trinajstić information content (AvgIpc) is 2.17. The van der Waals surface area contributed by atoms with Gasteiger partial charge in [-0.1, -0.05) is 19.4 Å². The second-order valence-electron chi connectivity index (χ2n) is 3.15. The van der Waals surface area contributed by atoms with E-state index in [1.807, 2.05) is 6.92 Å². The third-order valence-electron chi connectivity index (χ3n) is 1.77. The number of urea groups is 1. The molecule has 0 aromatic carbocycles. The lowest BCUT2D eigenvalue weighted by atomic mass is 10.3. The number of carboxylic acid groups (broad SMARTS) is 1. The van der Waals surface area contributed by atoms with E-state index in [-0.39, 0.29) is 19.1 Å². The zero-order valence-corrected chi connectivity index (χ0v) is 9.03. The largest absolute Gasteiger partial charge is 0.480 e. The highest BCUT2D eigenvalue weighted by Gasteiger charge is 2.14. The Morgan fingerprint density at radius 2 is 2.20 bits per heavy atom. The Morgan fingerprint density at radius 3 is 2.67 bits per heavy atom. The molecule has 0 bridgehead atoms. The van der Waals surface area contributed by atoms with Gasteiger partial charge in [0.2, 0.25) is 0 Å². The molecule has 0 saturated heterocycles. The molecular formula is C10H18N2O3. The lowest BCUT2D eigenvalue weighted by Crippen LogP contribution is -2.43. The van der Waals surface area contributed by atoms with Crippen molar-refractivity contribution in [2.75, 3.05) is 19.6 Å². The normalized spacial score (nSPS) is 9.40. The second-order valence-corrected chi connectivity index (χ2v) is 3.15. The van der Waals surface area contributed by atoms with Crippen LogP contribution in [0.5, 0.6) is 0 Å². The first kappa shape index (κ1) is 13.5. The summed E-state index contributed by atoms with van der Waals surface area (Å²) in [6.07, 6.45) is 3.38. The Bertz CT molecular complexity index is 229. The Morgan fingerprint density at radius 1 is 1.53 bits per heavy atom. The molecule has 0 fully saturated rings. The maximum atomic E-state index is 11.4. The van der Waals surface area contributed by atoms with E-state index in [0.717, 1.165) is 12.8 Å². The van der Waals surface area contributed by atoms with Crippen molar-refractivity contribution < 1.29 is 14.7 Å². The van der Waals surface area contributed by atoms with Gasteiger partial charge < -0.3 is 15.3 Å². The molecule has 0 aliphatic carbocycles. The summed E-state index contributed by atoms with van der Waals surface area (Å²) in [4.78, 5) is 23.1. The zero-order valence-electron chi connectivity index (χ0n) is 9.03. The molecule has 0 unspecified atom stereocenters. The van der Waals surface area contributed by atoms with E-state index < -0.39 is 5.97 Å². The number of carboxylic acids is 1. The van der Waals surface area contributed by atoms with Crippen LogP contribution in [0.1, 0.15) is 19.8 Å². The Hall–Kier alpha value is -1.52. The fraction of sp³-hybridized carbons (Fsp3) is 0.600. The topological polar surface area (TPSA) is 69.6 Å². The minimum absolute atomic E-state index is 0.240. The van der Waals surface area contributed by atoms with Crippen LogP contribution in [-0.4, -0.2) is 41.6 Å². The first-order valence-electron chi connectivity index (χ1n) is 4.97. The summed E-state index contributed by atoms with van der Waals surface area (Å²) >= 11 is 0. The summed E-state index contributed by atoms with van der Waals surface area (Å²) in [6, 6.07) is -0.356. The molecule has 0 aromatic rings. The minimum atomic E-state index is -1.03. The summed E-state index contributed by atoms with van der Waals surface area (Å²) in [5, 5.41) is 11.2. The molecule has 15 heavy (non-hydrogen) atoms. The van der Waals surface area contributed by atoms with Crippen molar-refractivity contribution in [3.8, 4) is 0 Å². The van der Waals surface area contributed by atoms with Crippen molar-refractivity contribution >= 4 is 12.0 Å². The number of rotatable bonds is 7. The number of hydrogen-bond donors (Lipinski definition) is 2. The maximum Gasteiger partial charge on any atom is 0.323 e. The van der Waals surface area contributed by atoms with Crippen molar-refractivity contribution in [1.29, 1.82) is 0 Å². The van der Waals surface area contributed by atoms with Crippen LogP contribution in [0.2, 0.25) is 0 Å². The van der Waals surface area contributed by atoms with Gasteiger partial charge in [-0.2, -0.15) is 0 Å². The van der Waals surface area contributed by atoms with Crippen molar-refractivity contribution in [3.63, 3.8) is 0 Å². The number of hydrogen-bond acceptors (Lipinski definition) is 2. The van der Waals surface area contributed by atoms with E-state index in [4.69, 9.17) is 5.11 Å². The van der Waals surface area contributed by atoms with Crippen molar-refractivity contribution in [2.45, 2.75) is 19.8 Å². The quantitative estimate of drug-likeness (QED) is 0.492. The molecule has 0 saturated carbocycles. The molecule has 5 nitrogen and oxygen atoms in total. The van der Waals surface area contributed by atoms with E-state index in [2.05, 4.69) is 11.9 Å². The van der Waals surface area contributed by atoms with Crippen molar-refractivity contribution in [3.05, 3.63) is 12.7 Å². The van der Waals surface area contributed by atoms with Crippen LogP contribution in [-0.2, 0) is 4.79 Å². The third-order valence-corrected chi connectivity index (χ3v) is 1.77. The van der Waals surface area contributed by atoms with Crippen molar-refractivity contribution in [2.24, 2.45) is 0 Å². The number of nitrogens with zero attached hydrogens (tertiary/aromatic N) is 1. The molecule has 0 aliphatic rings. The predicted molar refractivity (Wildman–Crippen MR) is 57.7 cm³/mol. The number of carbonyl (C=O) groups is 2. The van der Waals surface area contributed by atoms with Gasteiger partial charge >= 0.3 is 12.0 Å². The van der Waals surface area contributed by atoms with Crippen LogP contribution >= 0.6 is 0 Å². The summed E-state index contributed by atoms with van der Waals surface area (Å²) < 4.78 is 0. The summed E-state index contributed by atoms with van der Waals surface area (Å²) in [5.41, 5.74) is 0. The Balaban J connectivity index is 4.03. The van der Waals surface area contributed by atoms with Crippen molar-refractivity contribution in [1.82, 2.24) is 10.2 Å². The van der Waals surface area contributed by atoms with Crippen LogP contribution in [0.4, 0.5) is 4.79 Å². The van der Waals surface area contributed by atoms with E-state index in [0.29, 0.717) is 6.54 Å². The predicted octanol–water partition coefficient (Wildman–Crippen LogP) is 1.07. The molecule has 0 rings (SSSR count). The van der Waals surface area contributed by atoms with Gasteiger partial charge in [-0.3, -0.25) is 4.79 Å². The molecule has 0 aliphatic heterocycles. The summed E-state index contributed by atoms with van der Waals surface area (Å²) in [6.45, 7) is 6.00. The SMILES string of the molecule is C=CCN(CC(=O)O)C(=O)NCCCC. The lowest BCUT2D eigenvalue weighted by molar-refractivity contribution is -0.137. The van der Waals surface area contributed by atoms with Gasteiger partial charge in [0.25, 0.3) is 0 Å². The van der Waals surface area contributed by atoms with Gasteiger partial charge in [0, 0.05) is 13.1 Å². The maximum absolute atomic E-state index is 11.4. The number of nitrogens with one attached hydrogen (secondary N) is 1. The van der Waals surface area contributed by atoms with Gasteiger partial charge in [0.1, 0.15) is 6.54 Å². The molecular weight excluding hydrogens is 196 g/mol. The van der Waals surface area contributed by atoms with Crippen LogP contribution in [0.25, 0.3) is 0 Å². The highest BCUT2D eigenvalue weighted by molar-refractivity contribution is 5.80. The monoisotopic (exact) mass is 214 g/mol. The van der Waals surface area contributed by atoms with Gasteiger partial charge in [0.05, 0.1) is 0 Å². The van der Waals surface area contributed by atoms with Gasteiger partial charge in [-0.05, 0) is 6.42 Å². The van der Waals surface area contributed by atoms with Gasteiger partial charge in [-0.15, -0.1) is 6.58 Å². The average molecular weight is 214 g/mol. The fourth-order valence-electron chi connectivity index (χ4n) is 1.02. The molecule has 2 amide bonds. The number of carbonyl (C=O) groups excluding carboxylic acids is 1. The Kier molecular flexibility index (Phi) is 7.05. The smallest absolute Gasteiger partial charge is 0.323 e. The minimum Gasteiger partial charge on any atom is -0.480 e. The highest BCUT2D eigenvalue weighted by Crippen LogP contribution is 1.91. The molecule has 0 spiro atoms. The highest BCUT2D eigenvalue weighted by atomic mass is 16.4. The number of aliphatic carboxylic acids is 1. The lowest BCUT2D eigenvalue weighted by Gasteiger charge is -2.19. The molecule has 0 heterocycles. The molecule has 0 aromatic heterocycles. The van der Waals surface area contributed by atoms with E-state index in [1.54, 1.807) is 0 Å². The first-order valence-corrected chi connectivity index (χ1v) is 4.97. The van der Waals surface area contributed by atoms with Crippen LogP contribution in [0.3, 0.4) is 0 Å². The molecule has 2 N–H and O–H groups in total. The summed E-state index contributed by atoms with van der Waals surface area (Å²) in [5.74, 6) is -1.03. The zero-order chi connectivity index (χ0) is 11.7. The first-order chi connectivity index (χ1) is 7.11. The number of unbranched alkanes of at least 4 members (excludes halogenated alkanes) is 1. The van der Waals surface area contributed by atoms with Gasteiger partial charge in [-0.25, -0.2) is 4.79 Å². The molecule has 0 radical (unpaired) electrons. The van der Waals surface area contributed by atoms with Crippen LogP contribution < -0.4 is 5.32 Å². The molecule has 0 atom stereocenters. The van der Waals surface area contributed by atoms with E-state index >= 15 is 0 Å². The van der Waals surface area contributed by atoms with Gasteiger partial charge in [0.15, 0.2) is 0 Å². The summed E-state index contributed by atoms with van der Waals surface area (Å²) in [7, 11) is 0. The number of amides is 2. The standard InChI is InChI=1S/C10H18N2O3/c1-3-5-6-11-10(15)12(7-4-2)8-9(13)14/h4H,2-3,5-8H2,1H3,(H,11,15)(H,13,14).